The molecule has 1 unspecified atom stereocenters. The highest BCUT2D eigenvalue weighted by Crippen LogP contribution is 2.12. The normalized spacial score (nSPS) is 12.5. The van der Waals surface area contributed by atoms with Crippen LogP contribution in [0.5, 0.6) is 0 Å². The van der Waals surface area contributed by atoms with Gasteiger partial charge in [-0.15, -0.1) is 0 Å². The van der Waals surface area contributed by atoms with Gasteiger partial charge in [-0.3, -0.25) is 4.79 Å². The van der Waals surface area contributed by atoms with Crippen molar-refractivity contribution in [2.24, 2.45) is 11.7 Å². The highest BCUT2D eigenvalue weighted by molar-refractivity contribution is 5.95. The van der Waals surface area contributed by atoms with E-state index in [1.54, 1.807) is 13.0 Å². The van der Waals surface area contributed by atoms with Crippen molar-refractivity contribution in [3.8, 4) is 0 Å². The summed E-state index contributed by atoms with van der Waals surface area (Å²) in [5.74, 6) is -0.271. The van der Waals surface area contributed by atoms with Crippen molar-refractivity contribution in [3.63, 3.8) is 0 Å². The lowest BCUT2D eigenvalue weighted by Crippen LogP contribution is -2.42. The van der Waals surface area contributed by atoms with Gasteiger partial charge < -0.3 is 11.1 Å². The van der Waals surface area contributed by atoms with Gasteiger partial charge in [0.25, 0.3) is 5.91 Å². The lowest BCUT2D eigenvalue weighted by molar-refractivity contribution is 0.0947. The third-order valence-corrected chi connectivity index (χ3v) is 3.60. The number of carbonyl (C=O) groups is 1. The molecule has 0 heterocycles. The number of benzene rings is 1. The van der Waals surface area contributed by atoms with Gasteiger partial charge in [0, 0.05) is 18.2 Å². The van der Waals surface area contributed by atoms with Crippen LogP contribution < -0.4 is 11.1 Å². The van der Waals surface area contributed by atoms with Crippen LogP contribution in [0.4, 0.5) is 4.39 Å². The Labute approximate surface area is 114 Å². The minimum absolute atomic E-state index is 0.0622. The number of hydrogen-bond donors (Lipinski definition) is 2. The standard InChI is InChI=1S/C15H23FN2O/c1-4-11(5-2)14(17)9-18-15(19)13-8-12(16)7-6-10(13)3/h6-8,11,14H,4-5,9,17H2,1-3H3,(H,18,19). The van der Waals surface area contributed by atoms with Crippen molar-refractivity contribution in [3.05, 3.63) is 35.1 Å². The fourth-order valence-corrected chi connectivity index (χ4v) is 2.21. The molecule has 0 saturated heterocycles. The van der Waals surface area contributed by atoms with Crippen LogP contribution in [0, 0.1) is 18.7 Å². The van der Waals surface area contributed by atoms with Gasteiger partial charge in [-0.1, -0.05) is 32.8 Å². The molecule has 0 aromatic heterocycles. The number of hydrogen-bond acceptors (Lipinski definition) is 2. The zero-order chi connectivity index (χ0) is 14.4. The van der Waals surface area contributed by atoms with Crippen LogP contribution >= 0.6 is 0 Å². The predicted octanol–water partition coefficient (Wildman–Crippen LogP) is 2.63. The molecule has 0 spiro atoms. The van der Waals surface area contributed by atoms with E-state index >= 15 is 0 Å². The molecule has 3 N–H and O–H groups in total. The van der Waals surface area contributed by atoms with E-state index in [2.05, 4.69) is 19.2 Å². The molecule has 0 radical (unpaired) electrons. The highest BCUT2D eigenvalue weighted by Gasteiger charge is 2.16. The SMILES string of the molecule is CCC(CC)C(N)CNC(=O)c1cc(F)ccc1C. The average Bonchev–Trinajstić information content (AvgIpc) is 2.40. The summed E-state index contributed by atoms with van der Waals surface area (Å²) in [5.41, 5.74) is 7.18. The van der Waals surface area contributed by atoms with E-state index in [0.717, 1.165) is 18.4 Å². The second-order valence-electron chi connectivity index (χ2n) is 4.91. The molecule has 1 aromatic rings. The Balaban J connectivity index is 2.63. The number of nitrogens with one attached hydrogen (secondary N) is 1. The van der Waals surface area contributed by atoms with Crippen molar-refractivity contribution in [2.45, 2.75) is 39.7 Å². The second-order valence-corrected chi connectivity index (χ2v) is 4.91. The summed E-state index contributed by atoms with van der Waals surface area (Å²) < 4.78 is 13.1. The maximum absolute atomic E-state index is 13.1. The quantitative estimate of drug-likeness (QED) is 0.831. The third-order valence-electron chi connectivity index (χ3n) is 3.60. The molecule has 1 rings (SSSR count). The molecule has 1 amide bonds. The smallest absolute Gasteiger partial charge is 0.251 e. The molecule has 1 atom stereocenters. The molecule has 4 heteroatoms. The summed E-state index contributed by atoms with van der Waals surface area (Å²) in [7, 11) is 0. The number of carbonyl (C=O) groups excluding carboxylic acids is 1. The van der Waals surface area contributed by atoms with Gasteiger partial charge in [-0.05, 0) is 30.5 Å². The van der Waals surface area contributed by atoms with E-state index in [1.807, 2.05) is 0 Å². The van der Waals surface area contributed by atoms with Crippen molar-refractivity contribution < 1.29 is 9.18 Å². The first-order chi connectivity index (χ1) is 8.99. The molecule has 1 aromatic carbocycles. The number of halogens is 1. The van der Waals surface area contributed by atoms with Gasteiger partial charge in [0.2, 0.25) is 0 Å². The molecule has 0 fully saturated rings. The second kappa shape index (κ2) is 7.24. The summed E-state index contributed by atoms with van der Waals surface area (Å²) in [5, 5.41) is 2.79. The molecular formula is C15H23FN2O. The van der Waals surface area contributed by atoms with E-state index in [-0.39, 0.29) is 11.9 Å². The molecule has 0 saturated carbocycles. The first kappa shape index (κ1) is 15.6. The van der Waals surface area contributed by atoms with Gasteiger partial charge in [0.15, 0.2) is 0 Å². The minimum Gasteiger partial charge on any atom is -0.350 e. The maximum atomic E-state index is 13.1. The van der Waals surface area contributed by atoms with Gasteiger partial charge in [0.1, 0.15) is 5.82 Å². The fraction of sp³-hybridized carbons (Fsp3) is 0.533. The van der Waals surface area contributed by atoms with Gasteiger partial charge in [-0.25, -0.2) is 4.39 Å². The number of rotatable bonds is 6. The van der Waals surface area contributed by atoms with Crippen LogP contribution in [0.3, 0.4) is 0 Å². The van der Waals surface area contributed by atoms with E-state index in [4.69, 9.17) is 5.73 Å². The fourth-order valence-electron chi connectivity index (χ4n) is 2.21. The lowest BCUT2D eigenvalue weighted by Gasteiger charge is -2.21. The van der Waals surface area contributed by atoms with Crippen LogP contribution in [0.15, 0.2) is 18.2 Å². The Bertz CT molecular complexity index is 430. The summed E-state index contributed by atoms with van der Waals surface area (Å²) in [4.78, 5) is 12.0. The largest absolute Gasteiger partial charge is 0.350 e. The van der Waals surface area contributed by atoms with Crippen LogP contribution in [-0.4, -0.2) is 18.5 Å². The van der Waals surface area contributed by atoms with Gasteiger partial charge >= 0.3 is 0 Å². The van der Waals surface area contributed by atoms with E-state index in [9.17, 15) is 9.18 Å². The maximum Gasteiger partial charge on any atom is 0.251 e. The van der Waals surface area contributed by atoms with Crippen molar-refractivity contribution in [2.75, 3.05) is 6.54 Å². The minimum atomic E-state index is -0.403. The molecule has 0 aliphatic rings. The van der Waals surface area contributed by atoms with Crippen molar-refractivity contribution >= 4 is 5.91 Å². The Morgan fingerprint density at radius 1 is 1.37 bits per heavy atom. The molecule has 19 heavy (non-hydrogen) atoms. The molecule has 106 valence electrons. The van der Waals surface area contributed by atoms with Crippen LogP contribution in [-0.2, 0) is 0 Å². The zero-order valence-corrected chi connectivity index (χ0v) is 11.9. The van der Waals surface area contributed by atoms with Crippen LogP contribution in [0.25, 0.3) is 0 Å². The van der Waals surface area contributed by atoms with Crippen LogP contribution in [0.1, 0.15) is 42.6 Å². The van der Waals surface area contributed by atoms with E-state index < -0.39 is 5.82 Å². The number of aryl methyl sites for hydroxylation is 1. The monoisotopic (exact) mass is 266 g/mol. The number of amides is 1. The predicted molar refractivity (Wildman–Crippen MR) is 75.5 cm³/mol. The Morgan fingerprint density at radius 2 is 2.00 bits per heavy atom. The van der Waals surface area contributed by atoms with Crippen molar-refractivity contribution in [1.29, 1.82) is 0 Å². The molecular weight excluding hydrogens is 243 g/mol. The van der Waals surface area contributed by atoms with E-state index in [1.165, 1.54) is 12.1 Å². The summed E-state index contributed by atoms with van der Waals surface area (Å²) in [6.07, 6.45) is 1.99. The van der Waals surface area contributed by atoms with Gasteiger partial charge in [-0.2, -0.15) is 0 Å². The summed E-state index contributed by atoms with van der Waals surface area (Å²) in [6, 6.07) is 4.15. The van der Waals surface area contributed by atoms with E-state index in [0.29, 0.717) is 18.0 Å². The molecule has 0 aliphatic heterocycles. The summed E-state index contributed by atoms with van der Waals surface area (Å²) >= 11 is 0. The average molecular weight is 266 g/mol. The molecule has 3 nitrogen and oxygen atoms in total. The molecule has 0 aliphatic carbocycles. The van der Waals surface area contributed by atoms with Gasteiger partial charge in [0.05, 0.1) is 0 Å². The Kier molecular flexibility index (Phi) is 5.96. The zero-order valence-electron chi connectivity index (χ0n) is 11.9. The highest BCUT2D eigenvalue weighted by atomic mass is 19.1. The summed E-state index contributed by atoms with van der Waals surface area (Å²) in [6.45, 7) is 6.38. The topological polar surface area (TPSA) is 55.1 Å². The Morgan fingerprint density at radius 3 is 2.58 bits per heavy atom. The molecule has 0 bridgehead atoms. The van der Waals surface area contributed by atoms with Crippen LogP contribution in [0.2, 0.25) is 0 Å². The first-order valence-corrected chi connectivity index (χ1v) is 6.79. The third kappa shape index (κ3) is 4.31. The lowest BCUT2D eigenvalue weighted by atomic mass is 9.95. The number of nitrogens with two attached hydrogens (primary N) is 1. The first-order valence-electron chi connectivity index (χ1n) is 6.79. The van der Waals surface area contributed by atoms with Crippen molar-refractivity contribution in [1.82, 2.24) is 5.32 Å². The Hall–Kier alpha value is -1.42.